The molecular formula is C29H29ClN6O2. The molecule has 0 saturated carbocycles. The predicted molar refractivity (Wildman–Crippen MR) is 150 cm³/mol. The summed E-state index contributed by atoms with van der Waals surface area (Å²) in [5.74, 6) is -0.0740. The number of hydrogen-bond donors (Lipinski definition) is 2. The Bertz CT molecular complexity index is 1560. The number of esters is 1. The van der Waals surface area contributed by atoms with Crippen molar-refractivity contribution in [2.45, 2.75) is 40.2 Å². The molecule has 0 aliphatic heterocycles. The Morgan fingerprint density at radius 3 is 2.47 bits per heavy atom. The van der Waals surface area contributed by atoms with Crippen molar-refractivity contribution in [1.82, 2.24) is 19.9 Å². The summed E-state index contributed by atoms with van der Waals surface area (Å²) in [7, 11) is 0. The minimum atomic E-state index is -0.478. The summed E-state index contributed by atoms with van der Waals surface area (Å²) in [6.07, 6.45) is 3.64. The molecule has 2 heterocycles. The number of allylic oxidation sites excluding steroid dienone is 1. The standard InChI is InChI=1S/C29H29ClN6O2/c1-29(2,3)18-13-17(11-16-7-6-8-19(30)12-16)25-21(14-18)24(20-9-4-5-10-22(20)33-25)26(37)38-15-23-34-27(31)36-28(32)35-23/h4-12,18H,13-15H2,1-3H3,(H4,31,32,34,35,36)/b17-11-. The molecule has 0 spiro atoms. The molecule has 8 nitrogen and oxygen atoms in total. The third-order valence-corrected chi connectivity index (χ3v) is 7.12. The zero-order chi connectivity index (χ0) is 27.0. The molecule has 1 atom stereocenters. The van der Waals surface area contributed by atoms with Crippen LogP contribution in [0.1, 0.15) is 60.2 Å². The lowest BCUT2D eigenvalue weighted by Crippen LogP contribution is -2.28. The summed E-state index contributed by atoms with van der Waals surface area (Å²) in [5, 5.41) is 1.40. The smallest absolute Gasteiger partial charge is 0.339 e. The number of anilines is 2. The Morgan fingerprint density at radius 1 is 1.03 bits per heavy atom. The Morgan fingerprint density at radius 2 is 1.76 bits per heavy atom. The van der Waals surface area contributed by atoms with Gasteiger partial charge in [0.15, 0.2) is 12.4 Å². The maximum Gasteiger partial charge on any atom is 0.339 e. The highest BCUT2D eigenvalue weighted by molar-refractivity contribution is 6.30. The zero-order valence-electron chi connectivity index (χ0n) is 21.5. The van der Waals surface area contributed by atoms with E-state index in [-0.39, 0.29) is 35.7 Å². The molecule has 194 valence electrons. The molecule has 0 saturated heterocycles. The van der Waals surface area contributed by atoms with Gasteiger partial charge in [0.05, 0.1) is 16.8 Å². The van der Waals surface area contributed by atoms with E-state index in [0.29, 0.717) is 17.0 Å². The lowest BCUT2D eigenvalue weighted by atomic mass is 9.69. The van der Waals surface area contributed by atoms with Gasteiger partial charge in [0, 0.05) is 10.4 Å². The van der Waals surface area contributed by atoms with E-state index in [2.05, 4.69) is 41.8 Å². The van der Waals surface area contributed by atoms with E-state index in [1.807, 2.05) is 48.5 Å². The summed E-state index contributed by atoms with van der Waals surface area (Å²) < 4.78 is 5.72. The van der Waals surface area contributed by atoms with E-state index in [1.54, 1.807) is 0 Å². The highest BCUT2D eigenvalue weighted by atomic mass is 35.5. The van der Waals surface area contributed by atoms with Crippen molar-refractivity contribution >= 4 is 52.0 Å². The van der Waals surface area contributed by atoms with Crippen molar-refractivity contribution < 1.29 is 9.53 Å². The van der Waals surface area contributed by atoms with Gasteiger partial charge in [-0.05, 0) is 65.1 Å². The SMILES string of the molecule is CC(C)(C)C1C/C(=C/c2cccc(Cl)c2)c2nc3ccccc3c(C(=O)OCc3nc(N)nc(N)n3)c2C1. The largest absolute Gasteiger partial charge is 0.454 e. The number of pyridine rings is 1. The number of ether oxygens (including phenoxy) is 1. The first kappa shape index (κ1) is 25.6. The van der Waals surface area contributed by atoms with Gasteiger partial charge >= 0.3 is 5.97 Å². The number of carbonyl (C=O) groups is 1. The quantitative estimate of drug-likeness (QED) is 0.320. The van der Waals surface area contributed by atoms with Crippen LogP contribution in [0.5, 0.6) is 0 Å². The molecule has 2 aromatic carbocycles. The molecule has 0 amide bonds. The van der Waals surface area contributed by atoms with E-state index >= 15 is 0 Å². The molecule has 9 heteroatoms. The maximum atomic E-state index is 13.7. The molecule has 2 aromatic heterocycles. The number of rotatable bonds is 4. The molecule has 38 heavy (non-hydrogen) atoms. The Kier molecular flexibility index (Phi) is 6.75. The van der Waals surface area contributed by atoms with Gasteiger partial charge in [-0.3, -0.25) is 0 Å². The van der Waals surface area contributed by atoms with E-state index < -0.39 is 5.97 Å². The van der Waals surface area contributed by atoms with Crippen molar-refractivity contribution in [1.29, 1.82) is 0 Å². The van der Waals surface area contributed by atoms with Crippen LogP contribution in [0.25, 0.3) is 22.6 Å². The fraction of sp³-hybridized carbons (Fsp3) is 0.276. The van der Waals surface area contributed by atoms with E-state index in [4.69, 9.17) is 32.8 Å². The molecule has 1 unspecified atom stereocenters. The Labute approximate surface area is 226 Å². The molecule has 5 rings (SSSR count). The fourth-order valence-electron chi connectivity index (χ4n) is 4.89. The van der Waals surface area contributed by atoms with Crippen LogP contribution in [0.15, 0.2) is 48.5 Å². The topological polar surface area (TPSA) is 130 Å². The van der Waals surface area contributed by atoms with Crippen molar-refractivity contribution in [3.05, 3.63) is 81.8 Å². The van der Waals surface area contributed by atoms with Crippen molar-refractivity contribution in [2.75, 3.05) is 11.5 Å². The van der Waals surface area contributed by atoms with Gasteiger partial charge in [-0.25, -0.2) is 9.78 Å². The molecule has 1 aliphatic rings. The second kappa shape index (κ2) is 10.0. The van der Waals surface area contributed by atoms with Gasteiger partial charge in [-0.1, -0.05) is 62.7 Å². The van der Waals surface area contributed by atoms with Gasteiger partial charge < -0.3 is 16.2 Å². The monoisotopic (exact) mass is 528 g/mol. The van der Waals surface area contributed by atoms with Crippen LogP contribution in [0, 0.1) is 11.3 Å². The van der Waals surface area contributed by atoms with Gasteiger partial charge in [0.2, 0.25) is 11.9 Å². The number of hydrogen-bond acceptors (Lipinski definition) is 8. The number of benzene rings is 2. The minimum Gasteiger partial charge on any atom is -0.454 e. The second-order valence-corrected chi connectivity index (χ2v) is 11.0. The average molecular weight is 529 g/mol. The number of nitrogen functional groups attached to an aromatic ring is 2. The normalized spacial score (nSPS) is 16.4. The predicted octanol–water partition coefficient (Wildman–Crippen LogP) is 5.74. The van der Waals surface area contributed by atoms with Crippen molar-refractivity contribution in [2.24, 2.45) is 11.3 Å². The maximum absolute atomic E-state index is 13.7. The number of nitrogens with zero attached hydrogens (tertiary/aromatic N) is 4. The lowest BCUT2D eigenvalue weighted by Gasteiger charge is -2.36. The van der Waals surface area contributed by atoms with Crippen LogP contribution in [0.2, 0.25) is 5.02 Å². The molecule has 4 aromatic rings. The van der Waals surface area contributed by atoms with Gasteiger partial charge in [0.1, 0.15) is 0 Å². The minimum absolute atomic E-state index is 0.00212. The van der Waals surface area contributed by atoms with Crippen LogP contribution in [-0.4, -0.2) is 25.9 Å². The first-order chi connectivity index (χ1) is 18.1. The van der Waals surface area contributed by atoms with E-state index in [1.165, 1.54) is 0 Å². The first-order valence-corrected chi connectivity index (χ1v) is 12.8. The zero-order valence-corrected chi connectivity index (χ0v) is 22.3. The molecule has 4 N–H and O–H groups in total. The third-order valence-electron chi connectivity index (χ3n) is 6.88. The Balaban J connectivity index is 1.64. The van der Waals surface area contributed by atoms with E-state index in [0.717, 1.165) is 39.7 Å². The highest BCUT2D eigenvalue weighted by Gasteiger charge is 2.35. The summed E-state index contributed by atoms with van der Waals surface area (Å²) in [6.45, 7) is 6.49. The van der Waals surface area contributed by atoms with Crippen LogP contribution in [0.3, 0.4) is 0 Å². The van der Waals surface area contributed by atoms with Gasteiger partial charge in [-0.15, -0.1) is 0 Å². The molecule has 0 bridgehead atoms. The third kappa shape index (κ3) is 5.31. The number of fused-ring (bicyclic) bond motifs is 2. The van der Waals surface area contributed by atoms with Crippen LogP contribution in [-0.2, 0) is 17.8 Å². The molecule has 0 fully saturated rings. The number of aromatic nitrogens is 4. The highest BCUT2D eigenvalue weighted by Crippen LogP contribution is 2.45. The fourth-order valence-corrected chi connectivity index (χ4v) is 5.09. The second-order valence-electron chi connectivity index (χ2n) is 10.6. The number of nitrogens with two attached hydrogens (primary N) is 2. The van der Waals surface area contributed by atoms with E-state index in [9.17, 15) is 4.79 Å². The lowest BCUT2D eigenvalue weighted by molar-refractivity contribution is 0.0462. The van der Waals surface area contributed by atoms with Crippen molar-refractivity contribution in [3.8, 4) is 0 Å². The number of halogens is 1. The molecule has 0 radical (unpaired) electrons. The summed E-state index contributed by atoms with van der Waals surface area (Å²) >= 11 is 6.28. The van der Waals surface area contributed by atoms with Crippen LogP contribution in [0.4, 0.5) is 11.9 Å². The first-order valence-electron chi connectivity index (χ1n) is 12.4. The average Bonchev–Trinajstić information content (AvgIpc) is 2.85. The number of para-hydroxylation sites is 1. The van der Waals surface area contributed by atoms with Gasteiger partial charge in [-0.2, -0.15) is 15.0 Å². The molecule has 1 aliphatic carbocycles. The van der Waals surface area contributed by atoms with Crippen LogP contribution >= 0.6 is 11.6 Å². The molecular weight excluding hydrogens is 500 g/mol. The summed E-state index contributed by atoms with van der Waals surface area (Å²) in [4.78, 5) is 30.6. The van der Waals surface area contributed by atoms with Crippen molar-refractivity contribution in [3.63, 3.8) is 0 Å². The van der Waals surface area contributed by atoms with Crippen LogP contribution < -0.4 is 11.5 Å². The summed E-state index contributed by atoms with van der Waals surface area (Å²) in [5.41, 5.74) is 16.3. The number of carbonyl (C=O) groups excluding carboxylic acids is 1. The van der Waals surface area contributed by atoms with Gasteiger partial charge in [0.25, 0.3) is 0 Å². The summed E-state index contributed by atoms with van der Waals surface area (Å²) in [6, 6.07) is 15.3. The Hall–Kier alpha value is -4.04.